The number of piperidine rings is 1. The van der Waals surface area contributed by atoms with Crippen LogP contribution in [0.5, 0.6) is 0 Å². The summed E-state index contributed by atoms with van der Waals surface area (Å²) in [5.41, 5.74) is 7.26. The number of methoxy groups -OCH3 is 1. The number of amides is 3. The number of ether oxygens (including phenoxy) is 1. The summed E-state index contributed by atoms with van der Waals surface area (Å²) in [4.78, 5) is 40.0. The minimum Gasteiger partial charge on any atom is -0.390 e. The zero-order chi connectivity index (χ0) is 16.7. The maximum atomic E-state index is 12.7. The summed E-state index contributed by atoms with van der Waals surface area (Å²) in [7, 11) is 1.53. The topological polar surface area (TPSA) is 92.9 Å². The second-order valence-electron chi connectivity index (χ2n) is 5.87. The lowest BCUT2D eigenvalue weighted by Gasteiger charge is -2.36. The van der Waals surface area contributed by atoms with Crippen LogP contribution in [0.15, 0.2) is 5.38 Å². The van der Waals surface area contributed by atoms with Crippen molar-refractivity contribution in [3.05, 3.63) is 16.5 Å². The molecule has 0 bridgehead atoms. The first-order valence-electron chi connectivity index (χ1n) is 7.47. The molecule has 3 amide bonds. The summed E-state index contributed by atoms with van der Waals surface area (Å²) in [6.45, 7) is 2.33. The summed E-state index contributed by atoms with van der Waals surface area (Å²) >= 11 is 1.34. The van der Waals surface area contributed by atoms with Gasteiger partial charge in [0.2, 0.25) is 5.91 Å². The van der Waals surface area contributed by atoms with Crippen LogP contribution in [0.4, 0.5) is 5.00 Å². The Kier molecular flexibility index (Phi) is 4.11. The lowest BCUT2D eigenvalue weighted by atomic mass is 10.0. The van der Waals surface area contributed by atoms with Crippen LogP contribution in [0.2, 0.25) is 0 Å². The van der Waals surface area contributed by atoms with Crippen LogP contribution in [-0.4, -0.2) is 53.3 Å². The lowest BCUT2D eigenvalue weighted by Crippen LogP contribution is -2.56. The molecule has 3 heterocycles. The number of nitrogens with two attached hydrogens (primary N) is 1. The molecule has 23 heavy (non-hydrogen) atoms. The number of nitrogen functional groups attached to an aromatic ring is 1. The Bertz CT molecular complexity index is 672. The maximum absolute atomic E-state index is 12.7. The zero-order valence-corrected chi connectivity index (χ0v) is 13.9. The number of imide groups is 1. The van der Waals surface area contributed by atoms with Crippen molar-refractivity contribution in [1.29, 1.82) is 0 Å². The van der Waals surface area contributed by atoms with Gasteiger partial charge in [-0.2, -0.15) is 0 Å². The monoisotopic (exact) mass is 337 g/mol. The third kappa shape index (κ3) is 2.61. The quantitative estimate of drug-likeness (QED) is 0.822. The molecule has 124 valence electrons. The average molecular weight is 337 g/mol. The molecule has 1 aromatic heterocycles. The van der Waals surface area contributed by atoms with E-state index in [1.165, 1.54) is 28.2 Å². The average Bonchev–Trinajstić information content (AvgIpc) is 3.05. The summed E-state index contributed by atoms with van der Waals surface area (Å²) in [6, 6.07) is -0.610. The van der Waals surface area contributed by atoms with E-state index in [0.29, 0.717) is 23.5 Å². The van der Waals surface area contributed by atoms with E-state index in [4.69, 9.17) is 10.5 Å². The molecule has 2 aliphatic rings. The van der Waals surface area contributed by atoms with Crippen molar-refractivity contribution in [2.45, 2.75) is 38.5 Å². The van der Waals surface area contributed by atoms with Gasteiger partial charge in [0.1, 0.15) is 6.04 Å². The Morgan fingerprint density at radius 2 is 2.17 bits per heavy atom. The van der Waals surface area contributed by atoms with E-state index in [2.05, 4.69) is 0 Å². The second-order valence-corrected chi connectivity index (χ2v) is 6.78. The van der Waals surface area contributed by atoms with Gasteiger partial charge in [0.15, 0.2) is 0 Å². The molecule has 1 fully saturated rings. The summed E-state index contributed by atoms with van der Waals surface area (Å²) in [5, 5.41) is 2.34. The molecular formula is C15H19N3O4S. The first-order chi connectivity index (χ1) is 10.9. The number of nitrogens with zero attached hydrogens (tertiary/aromatic N) is 2. The Labute approximate surface area is 138 Å². The molecule has 1 aromatic rings. The number of hydrogen-bond donors (Lipinski definition) is 1. The van der Waals surface area contributed by atoms with E-state index < -0.39 is 6.04 Å². The third-order valence-corrected chi connectivity index (χ3v) is 5.30. The molecule has 2 N–H and O–H groups in total. The SMILES string of the molecule is COC(C)CN1C(=O)CCC(N2Cc3c(csc3N)C2=O)C1=O. The molecule has 3 rings (SSSR count). The molecule has 7 nitrogen and oxygen atoms in total. The predicted octanol–water partition coefficient (Wildman–Crippen LogP) is 0.839. The molecule has 0 aromatic carbocycles. The van der Waals surface area contributed by atoms with E-state index >= 15 is 0 Å². The Morgan fingerprint density at radius 3 is 2.83 bits per heavy atom. The van der Waals surface area contributed by atoms with Crippen molar-refractivity contribution in [2.24, 2.45) is 0 Å². The van der Waals surface area contributed by atoms with Crippen LogP contribution in [0.1, 0.15) is 35.7 Å². The van der Waals surface area contributed by atoms with E-state index in [9.17, 15) is 14.4 Å². The lowest BCUT2D eigenvalue weighted by molar-refractivity contribution is -0.154. The minimum atomic E-state index is -0.610. The van der Waals surface area contributed by atoms with Crippen molar-refractivity contribution >= 4 is 34.1 Å². The summed E-state index contributed by atoms with van der Waals surface area (Å²) < 4.78 is 5.14. The highest BCUT2D eigenvalue weighted by atomic mass is 32.1. The molecule has 0 spiro atoms. The highest BCUT2D eigenvalue weighted by Crippen LogP contribution is 2.35. The summed E-state index contributed by atoms with van der Waals surface area (Å²) in [5.74, 6) is -0.721. The summed E-state index contributed by atoms with van der Waals surface area (Å²) in [6.07, 6.45) is 0.362. The van der Waals surface area contributed by atoms with Gasteiger partial charge in [0.05, 0.1) is 29.8 Å². The number of anilines is 1. The number of carbonyl (C=O) groups is 3. The van der Waals surface area contributed by atoms with Gasteiger partial charge in [-0.05, 0) is 13.3 Å². The number of carbonyl (C=O) groups excluding carboxylic acids is 3. The molecule has 0 aliphatic carbocycles. The van der Waals surface area contributed by atoms with Gasteiger partial charge in [-0.3, -0.25) is 19.3 Å². The van der Waals surface area contributed by atoms with Crippen LogP contribution in [0.3, 0.4) is 0 Å². The largest absolute Gasteiger partial charge is 0.390 e. The molecule has 1 saturated heterocycles. The van der Waals surface area contributed by atoms with E-state index in [0.717, 1.165) is 5.56 Å². The molecule has 2 aliphatic heterocycles. The normalized spacial score (nSPS) is 22.7. The number of fused-ring (bicyclic) bond motifs is 1. The molecule has 2 atom stereocenters. The first-order valence-corrected chi connectivity index (χ1v) is 8.35. The van der Waals surface area contributed by atoms with Gasteiger partial charge in [0, 0.05) is 24.5 Å². The number of rotatable bonds is 4. The van der Waals surface area contributed by atoms with Gasteiger partial charge in [-0.25, -0.2) is 0 Å². The fraction of sp³-hybridized carbons (Fsp3) is 0.533. The maximum Gasteiger partial charge on any atom is 0.256 e. The van der Waals surface area contributed by atoms with Crippen molar-refractivity contribution in [2.75, 3.05) is 19.4 Å². The smallest absolute Gasteiger partial charge is 0.256 e. The Balaban J connectivity index is 1.80. The fourth-order valence-corrected chi connectivity index (χ4v) is 3.83. The highest BCUT2D eigenvalue weighted by molar-refractivity contribution is 7.14. The second kappa shape index (κ2) is 5.93. The molecule has 8 heteroatoms. The van der Waals surface area contributed by atoms with Crippen LogP contribution >= 0.6 is 11.3 Å². The van der Waals surface area contributed by atoms with Crippen LogP contribution in [0, 0.1) is 0 Å². The van der Waals surface area contributed by atoms with Crippen molar-refractivity contribution in [3.8, 4) is 0 Å². The molecular weight excluding hydrogens is 318 g/mol. The van der Waals surface area contributed by atoms with Crippen LogP contribution < -0.4 is 5.73 Å². The third-order valence-electron chi connectivity index (χ3n) is 4.45. The van der Waals surface area contributed by atoms with Gasteiger partial charge >= 0.3 is 0 Å². The predicted molar refractivity (Wildman–Crippen MR) is 84.8 cm³/mol. The Morgan fingerprint density at radius 1 is 1.43 bits per heavy atom. The molecule has 0 saturated carbocycles. The number of hydrogen-bond acceptors (Lipinski definition) is 6. The van der Waals surface area contributed by atoms with Gasteiger partial charge in [0.25, 0.3) is 11.8 Å². The number of likely N-dealkylation sites (tertiary alicyclic amines) is 1. The van der Waals surface area contributed by atoms with Crippen molar-refractivity contribution in [1.82, 2.24) is 9.80 Å². The van der Waals surface area contributed by atoms with E-state index in [1.807, 2.05) is 0 Å². The van der Waals surface area contributed by atoms with Crippen molar-refractivity contribution in [3.63, 3.8) is 0 Å². The van der Waals surface area contributed by atoms with Crippen LogP contribution in [0.25, 0.3) is 0 Å². The van der Waals surface area contributed by atoms with E-state index in [1.54, 1.807) is 12.3 Å². The fourth-order valence-electron chi connectivity index (χ4n) is 3.02. The Hall–Kier alpha value is -1.93. The van der Waals surface area contributed by atoms with Crippen LogP contribution in [-0.2, 0) is 20.9 Å². The van der Waals surface area contributed by atoms with E-state index in [-0.39, 0.29) is 36.8 Å². The molecule has 0 radical (unpaired) electrons. The van der Waals surface area contributed by atoms with Gasteiger partial charge < -0.3 is 15.4 Å². The zero-order valence-electron chi connectivity index (χ0n) is 13.1. The van der Waals surface area contributed by atoms with Gasteiger partial charge in [-0.15, -0.1) is 11.3 Å². The van der Waals surface area contributed by atoms with Crippen molar-refractivity contribution < 1.29 is 19.1 Å². The highest BCUT2D eigenvalue weighted by Gasteiger charge is 2.43. The standard InChI is InChI=1S/C15H19N3O4S/c1-8(22-2)5-18-12(19)4-3-11(15(18)21)17-6-9-10(14(17)20)7-23-13(9)16/h7-8,11H,3-6,16H2,1-2H3. The minimum absolute atomic E-state index is 0.180. The first kappa shape index (κ1) is 15.9. The van der Waals surface area contributed by atoms with Gasteiger partial charge in [-0.1, -0.05) is 0 Å². The number of thiophene rings is 1. The molecule has 2 unspecified atom stereocenters.